The normalized spacial score (nSPS) is 26.0. The van der Waals surface area contributed by atoms with Crippen LogP contribution in [0.15, 0.2) is 158 Å². The number of hydrogen-bond donors (Lipinski definition) is 8. The lowest BCUT2D eigenvalue weighted by molar-refractivity contribution is 0.112. The SMILES string of the molecule is COc1ccc(F)c(OC2C[C@@H]3CN(CC(O)c4ccc(O)cc4)C[C@@H]3C2)c1.COc1ccc(F)c(OC2C[C@@H]3CN(CC(O)c4ccc(O)cn4)C[C@@H]3C2)c1.Cc1cccc(OC2C[C@@H]3CN(CC(O)c4ccc(O)cn4)C[C@@H]3C2)c1F.Oc1ccc(C(O)CN2C[C@H]3CC(Oc4cnccn4)C[C@H]3C2)cc1. The van der Waals surface area contributed by atoms with Gasteiger partial charge in [-0.25, -0.2) is 18.2 Å². The van der Waals surface area contributed by atoms with Crippen LogP contribution in [0.5, 0.6) is 57.6 Å². The molecule has 8 aliphatic rings. The zero-order chi connectivity index (χ0) is 75.5. The zero-order valence-electron chi connectivity index (χ0n) is 61.1. The summed E-state index contributed by atoms with van der Waals surface area (Å²) < 4.78 is 76.2. The lowest BCUT2D eigenvalue weighted by atomic mass is 10.0. The Hall–Kier alpha value is -9.05. The molecule has 0 radical (unpaired) electrons. The number of halogens is 3. The summed E-state index contributed by atoms with van der Waals surface area (Å²) in [5.74, 6) is 6.48. The predicted octanol–water partition coefficient (Wildman–Crippen LogP) is 11.2. The lowest BCUT2D eigenvalue weighted by Crippen LogP contribution is -2.29. The molecule has 0 amide bonds. The van der Waals surface area contributed by atoms with Crippen molar-refractivity contribution in [1.82, 2.24) is 39.5 Å². The van der Waals surface area contributed by atoms with E-state index >= 15 is 0 Å². The summed E-state index contributed by atoms with van der Waals surface area (Å²) in [6.45, 7) is 11.4. The summed E-state index contributed by atoms with van der Waals surface area (Å²) >= 11 is 0. The van der Waals surface area contributed by atoms with Gasteiger partial charge in [0.1, 0.15) is 52.8 Å². The number of aliphatic hydroxyl groups is 4. The average Bonchev–Trinajstić information content (AvgIpc) is 1.66. The highest BCUT2D eigenvalue weighted by molar-refractivity contribution is 5.37. The van der Waals surface area contributed by atoms with Crippen molar-refractivity contribution < 1.29 is 82.4 Å². The minimum Gasteiger partial charge on any atom is -0.508 e. The summed E-state index contributed by atoms with van der Waals surface area (Å²) in [4.78, 5) is 25.5. The quantitative estimate of drug-likeness (QED) is 0.0313. The number of aromatic hydroxyl groups is 4. The summed E-state index contributed by atoms with van der Waals surface area (Å²) in [6, 6.07) is 34.2. The first-order valence-corrected chi connectivity index (χ1v) is 37.5. The number of aromatic nitrogens is 4. The number of rotatable bonds is 22. The standard InChI is InChI=1S/C22H26FNO4.C21H25FN2O4.C21H25FN2O3.C19H23N3O3/c1-27-18-6-7-20(23)22(10-18)28-19-8-15-11-24(12-16(15)9-19)13-21(26)14-2-4-17(25)5-3-14;1-27-16-3-4-18(22)21(8-16)28-17-6-13-10-24(11-14(13)7-17)12-20(26)19-5-2-15(25)9-23-19;1-13-3-2-4-20(21(13)22)27-17-7-14-10-24(11-15(14)8-17)12-19(26)18-6-5-16(25)9-23-18;23-16-3-1-13(2-4-16)18(24)12-22-10-14-7-17(8-15(14)11-22)25-19-9-20-5-6-21-19/h2-7,10,15-16,19,21,25-26H,8-9,11-13H2,1H3;2-5,8-9,13-14,17,20,25-26H,6-7,10-12H2,1H3;2-6,9,14-15,17,19,25-26H,7-8,10-12H2,1H3;1-6,9,14-15,17-18,23-24H,7-8,10-12H2/t15-,16+,19?,21?;13-,14+,17?,20?;14-,15+,17?,19?;14-,15+,17?,18?. The molecule has 16 atom stereocenters. The van der Waals surface area contributed by atoms with Crippen LogP contribution in [-0.2, 0) is 0 Å². The number of likely N-dealkylation sites (tertiary alicyclic amines) is 4. The van der Waals surface area contributed by atoms with Crippen molar-refractivity contribution in [2.24, 2.45) is 47.3 Å². The van der Waals surface area contributed by atoms with Gasteiger partial charge in [0.15, 0.2) is 34.7 Å². The van der Waals surface area contributed by atoms with Gasteiger partial charge in [0.05, 0.1) is 74.7 Å². The van der Waals surface area contributed by atoms with Crippen LogP contribution >= 0.6 is 0 Å². The van der Waals surface area contributed by atoms with Gasteiger partial charge in [-0.1, -0.05) is 36.4 Å². The van der Waals surface area contributed by atoms with E-state index in [0.29, 0.717) is 114 Å². The topological polar surface area (TPSA) is 282 Å². The van der Waals surface area contributed by atoms with Gasteiger partial charge >= 0.3 is 0 Å². The fourth-order valence-corrected chi connectivity index (χ4v) is 17.5. The number of aryl methyl sites for hydroxylation is 1. The second-order valence-corrected chi connectivity index (χ2v) is 30.5. The van der Waals surface area contributed by atoms with Crippen LogP contribution < -0.4 is 28.4 Å². The van der Waals surface area contributed by atoms with Crippen LogP contribution in [0.2, 0.25) is 0 Å². The minimum absolute atomic E-state index is 0.00226. The number of phenolic OH excluding ortho intramolecular Hbond substituents is 2. The van der Waals surface area contributed by atoms with Crippen molar-refractivity contribution in [2.45, 2.75) is 107 Å². The van der Waals surface area contributed by atoms with Crippen LogP contribution in [0.3, 0.4) is 0 Å². The Labute approximate surface area is 627 Å². The fraction of sp³-hybridized carbons (Fsp3) is 0.470. The second kappa shape index (κ2) is 35.5. The molecule has 8 fully saturated rings. The highest BCUT2D eigenvalue weighted by atomic mass is 19.1. The number of hydrogen-bond acceptors (Lipinski definition) is 22. The maximum Gasteiger partial charge on any atom is 0.232 e. The van der Waals surface area contributed by atoms with Crippen LogP contribution in [0.1, 0.15) is 104 Å². The van der Waals surface area contributed by atoms with E-state index in [-0.39, 0.29) is 76.4 Å². The smallest absolute Gasteiger partial charge is 0.232 e. The summed E-state index contributed by atoms with van der Waals surface area (Å²) in [5.41, 5.74) is 3.39. The van der Waals surface area contributed by atoms with Crippen molar-refractivity contribution in [3.05, 3.63) is 204 Å². The van der Waals surface area contributed by atoms with Gasteiger partial charge in [0, 0.05) is 103 Å². The third-order valence-electron chi connectivity index (χ3n) is 22.8. The Kier molecular flexibility index (Phi) is 25.4. The number of benzene rings is 5. The molecular formula is C83H99F3N8O14. The van der Waals surface area contributed by atoms with Gasteiger partial charge in [0.25, 0.3) is 0 Å². The van der Waals surface area contributed by atoms with Crippen LogP contribution in [0, 0.1) is 71.7 Å². The third-order valence-corrected chi connectivity index (χ3v) is 22.8. The molecule has 7 heterocycles. The molecule has 8 aromatic rings. The van der Waals surface area contributed by atoms with Gasteiger partial charge in [-0.3, -0.25) is 34.6 Å². The number of pyridine rings is 2. The summed E-state index contributed by atoms with van der Waals surface area (Å²) in [7, 11) is 3.10. The number of ether oxygens (including phenoxy) is 6. The average molecular weight is 1490 g/mol. The first-order valence-electron chi connectivity index (χ1n) is 37.5. The molecule has 16 rings (SSSR count). The van der Waals surface area contributed by atoms with E-state index in [2.05, 4.69) is 39.5 Å². The minimum atomic E-state index is -0.683. The Bertz CT molecular complexity index is 4000. The molecule has 4 saturated heterocycles. The molecule has 4 saturated carbocycles. The Balaban J connectivity index is 0.000000127. The third kappa shape index (κ3) is 20.1. The molecule has 8 N–H and O–H groups in total. The van der Waals surface area contributed by atoms with Gasteiger partial charge in [-0.05, 0) is 201 Å². The molecule has 576 valence electrons. The van der Waals surface area contributed by atoms with Crippen LogP contribution in [0.4, 0.5) is 13.2 Å². The molecule has 0 spiro atoms. The Morgan fingerprint density at radius 1 is 0.389 bits per heavy atom. The van der Waals surface area contributed by atoms with E-state index in [4.69, 9.17) is 28.4 Å². The molecule has 4 aliphatic carbocycles. The number of phenols is 2. The van der Waals surface area contributed by atoms with Crippen LogP contribution in [0.25, 0.3) is 0 Å². The van der Waals surface area contributed by atoms with Gasteiger partial charge in [-0.2, -0.15) is 0 Å². The monoisotopic (exact) mass is 1490 g/mol. The maximum atomic E-state index is 14.2. The number of aliphatic hydroxyl groups excluding tert-OH is 4. The van der Waals surface area contributed by atoms with E-state index in [1.807, 2.05) is 6.07 Å². The number of β-amino-alcohol motifs (C(OH)–C–C–N with tert-alkyl or cyclic N) is 4. The van der Waals surface area contributed by atoms with Gasteiger partial charge in [-0.15, -0.1) is 0 Å². The van der Waals surface area contributed by atoms with Crippen molar-refractivity contribution in [2.75, 3.05) is 92.8 Å². The lowest BCUT2D eigenvalue weighted by Gasteiger charge is -2.22. The first-order chi connectivity index (χ1) is 52.2. The predicted molar refractivity (Wildman–Crippen MR) is 395 cm³/mol. The molecule has 5 aromatic carbocycles. The molecule has 8 unspecified atom stereocenters. The van der Waals surface area contributed by atoms with Crippen molar-refractivity contribution >= 4 is 0 Å². The van der Waals surface area contributed by atoms with Gasteiger partial charge in [0.2, 0.25) is 5.88 Å². The highest BCUT2D eigenvalue weighted by Gasteiger charge is 2.46. The van der Waals surface area contributed by atoms with Crippen molar-refractivity contribution in [3.63, 3.8) is 0 Å². The zero-order valence-corrected chi connectivity index (χ0v) is 61.1. The van der Waals surface area contributed by atoms with E-state index in [1.165, 1.54) is 36.7 Å². The Morgan fingerprint density at radius 2 is 0.741 bits per heavy atom. The highest BCUT2D eigenvalue weighted by Crippen LogP contribution is 2.45. The number of methoxy groups -OCH3 is 2. The van der Waals surface area contributed by atoms with E-state index in [0.717, 1.165) is 115 Å². The summed E-state index contributed by atoms with van der Waals surface area (Å²) in [5, 5.41) is 79.0. The molecule has 108 heavy (non-hydrogen) atoms. The number of nitrogens with zero attached hydrogens (tertiary/aromatic N) is 8. The first kappa shape index (κ1) is 77.1. The fourth-order valence-electron chi connectivity index (χ4n) is 17.5. The largest absolute Gasteiger partial charge is 0.508 e. The van der Waals surface area contributed by atoms with Gasteiger partial charge < -0.3 is 69.3 Å². The molecule has 25 heteroatoms. The number of fused-ring (bicyclic) bond motifs is 4. The molecule has 4 aliphatic heterocycles. The van der Waals surface area contributed by atoms with Crippen molar-refractivity contribution in [1.29, 1.82) is 0 Å². The molecule has 22 nitrogen and oxygen atoms in total. The molecular weight excluding hydrogens is 1390 g/mol. The molecule has 3 aromatic heterocycles. The second-order valence-electron chi connectivity index (χ2n) is 30.5. The van der Waals surface area contributed by atoms with Crippen LogP contribution in [-0.4, -0.2) is 198 Å². The Morgan fingerprint density at radius 3 is 1.08 bits per heavy atom. The van der Waals surface area contributed by atoms with E-state index < -0.39 is 24.4 Å². The summed E-state index contributed by atoms with van der Waals surface area (Å²) in [6.07, 6.45) is 13.0. The maximum absolute atomic E-state index is 14.2. The van der Waals surface area contributed by atoms with E-state index in [9.17, 15) is 54.0 Å². The van der Waals surface area contributed by atoms with Crippen molar-refractivity contribution in [3.8, 4) is 57.6 Å². The van der Waals surface area contributed by atoms with E-state index in [1.54, 1.807) is 137 Å². The molecule has 0 bridgehead atoms.